The van der Waals surface area contributed by atoms with Crippen LogP contribution in [0.2, 0.25) is 0 Å². The quantitative estimate of drug-likeness (QED) is 0.582. The fraction of sp³-hybridized carbons (Fsp3) is 0.846. The van der Waals surface area contributed by atoms with Gasteiger partial charge in [-0.25, -0.2) is 0 Å². The van der Waals surface area contributed by atoms with E-state index < -0.39 is 0 Å². The van der Waals surface area contributed by atoms with E-state index in [0.29, 0.717) is 0 Å². The van der Waals surface area contributed by atoms with Crippen LogP contribution in [0.1, 0.15) is 40.0 Å². The molecule has 3 heteroatoms. The molecule has 0 aliphatic carbocycles. The third-order valence-electron chi connectivity index (χ3n) is 3.06. The van der Waals surface area contributed by atoms with E-state index in [9.17, 15) is 0 Å². The summed E-state index contributed by atoms with van der Waals surface area (Å²) in [5.41, 5.74) is 0. The number of hydrogen-bond acceptors (Lipinski definition) is 2. The smallest absolute Gasteiger partial charge is 0 e. The predicted octanol–water partition coefficient (Wildman–Crippen LogP) is 3.22. The maximum Gasteiger partial charge on any atom is 0 e. The number of thiol groups is 1. The van der Waals surface area contributed by atoms with Crippen molar-refractivity contribution < 1.29 is 32.7 Å². The van der Waals surface area contributed by atoms with Crippen LogP contribution >= 0.6 is 12.6 Å². The summed E-state index contributed by atoms with van der Waals surface area (Å²) in [5, 5.41) is 0. The van der Waals surface area contributed by atoms with E-state index in [1.165, 1.54) is 25.9 Å². The number of hydrogen-bond donors (Lipinski definition) is 1. The Bertz CT molecular complexity index is 190. The first-order chi connectivity index (χ1) is 6.93. The minimum absolute atomic E-state index is 0. The van der Waals surface area contributed by atoms with Gasteiger partial charge in [-0.05, 0) is 18.2 Å². The van der Waals surface area contributed by atoms with Crippen LogP contribution in [0.3, 0.4) is 0 Å². The van der Waals surface area contributed by atoms with Crippen molar-refractivity contribution >= 4 is 12.6 Å². The summed E-state index contributed by atoms with van der Waals surface area (Å²) in [6, 6.07) is 0. The van der Waals surface area contributed by atoms with Gasteiger partial charge in [0.15, 0.2) is 0 Å². The second kappa shape index (κ2) is 7.76. The SMILES string of the molecule is C[CH-]CC(C)(S)CC(C)C[C-]1CN(C)C1.[Y]. The fourth-order valence-electron chi connectivity index (χ4n) is 2.68. The van der Waals surface area contributed by atoms with Gasteiger partial charge in [-0.3, -0.25) is 5.92 Å². The van der Waals surface area contributed by atoms with Crippen molar-refractivity contribution in [3.63, 3.8) is 0 Å². The molecule has 1 radical (unpaired) electrons. The molecular weight excluding hydrogens is 291 g/mol. The molecule has 0 saturated carbocycles. The van der Waals surface area contributed by atoms with Crippen LogP contribution in [0.5, 0.6) is 0 Å². The average molecular weight is 316 g/mol. The topological polar surface area (TPSA) is 3.24 Å². The van der Waals surface area contributed by atoms with Gasteiger partial charge < -0.3 is 11.3 Å². The number of nitrogens with zero attached hydrogens (tertiary/aromatic N) is 1. The fourth-order valence-corrected chi connectivity index (χ4v) is 3.18. The van der Waals surface area contributed by atoms with Gasteiger partial charge in [0, 0.05) is 32.7 Å². The maximum absolute atomic E-state index is 4.74. The molecule has 0 N–H and O–H groups in total. The zero-order chi connectivity index (χ0) is 11.5. The largest absolute Gasteiger partial charge is 0.365 e. The molecule has 1 heterocycles. The van der Waals surface area contributed by atoms with Crippen molar-refractivity contribution in [2.24, 2.45) is 5.92 Å². The summed E-state index contributed by atoms with van der Waals surface area (Å²) in [6.45, 7) is 9.16. The van der Waals surface area contributed by atoms with Gasteiger partial charge in [0.2, 0.25) is 0 Å². The molecule has 1 rings (SSSR count). The molecule has 0 aromatic carbocycles. The second-order valence-corrected chi connectivity index (χ2v) is 6.62. The van der Waals surface area contributed by atoms with Crippen molar-refractivity contribution in [2.45, 2.75) is 44.8 Å². The molecule has 2 atom stereocenters. The molecule has 0 aromatic heterocycles. The molecule has 16 heavy (non-hydrogen) atoms. The molecule has 1 aliphatic heterocycles. The summed E-state index contributed by atoms with van der Waals surface area (Å²) in [4.78, 5) is 2.36. The van der Waals surface area contributed by atoms with Gasteiger partial charge in [-0.1, -0.05) is 19.8 Å². The summed E-state index contributed by atoms with van der Waals surface area (Å²) in [6.07, 6.45) is 5.84. The number of rotatable bonds is 6. The maximum atomic E-state index is 4.74. The van der Waals surface area contributed by atoms with Gasteiger partial charge in [0.05, 0.1) is 0 Å². The van der Waals surface area contributed by atoms with E-state index >= 15 is 0 Å². The van der Waals surface area contributed by atoms with Crippen molar-refractivity contribution in [2.75, 3.05) is 20.1 Å². The predicted molar refractivity (Wildman–Crippen MR) is 71.1 cm³/mol. The Balaban J connectivity index is 0.00000225. The van der Waals surface area contributed by atoms with Crippen molar-refractivity contribution in [3.05, 3.63) is 12.3 Å². The minimum atomic E-state index is 0. The van der Waals surface area contributed by atoms with Crippen LogP contribution < -0.4 is 0 Å². The van der Waals surface area contributed by atoms with Crippen LogP contribution in [0.25, 0.3) is 0 Å². The molecule has 0 amide bonds. The van der Waals surface area contributed by atoms with Gasteiger partial charge in [0.1, 0.15) is 0 Å². The Morgan fingerprint density at radius 2 is 2.06 bits per heavy atom. The molecule has 2 unspecified atom stereocenters. The first-order valence-electron chi connectivity index (χ1n) is 5.95. The Kier molecular flexibility index (Phi) is 8.45. The first-order valence-corrected chi connectivity index (χ1v) is 6.40. The van der Waals surface area contributed by atoms with E-state index in [4.69, 9.17) is 12.6 Å². The van der Waals surface area contributed by atoms with E-state index in [1.807, 2.05) is 0 Å². The Labute approximate surface area is 132 Å². The molecule has 1 fully saturated rings. The Hall–Kier alpha value is 1.41. The van der Waals surface area contributed by atoms with Crippen LogP contribution in [0, 0.1) is 18.3 Å². The third-order valence-corrected chi connectivity index (χ3v) is 3.42. The summed E-state index contributed by atoms with van der Waals surface area (Å²) >= 11 is 4.74. The first kappa shape index (κ1) is 17.4. The monoisotopic (exact) mass is 316 g/mol. The van der Waals surface area contributed by atoms with Crippen molar-refractivity contribution in [3.8, 4) is 0 Å². The standard InChI is InChI=1S/C13H25NS.Y/c1-5-6-13(3,15)8-11(2)7-12-9-14(4)10-12;/h5,11,15H,6-10H2,1-4H3;/q-2;. The molecule has 1 nitrogen and oxygen atoms in total. The minimum Gasteiger partial charge on any atom is -0.365 e. The Morgan fingerprint density at radius 1 is 1.50 bits per heavy atom. The van der Waals surface area contributed by atoms with E-state index in [1.54, 1.807) is 5.92 Å². The molecule has 1 aliphatic rings. The molecular formula is C13H25NSY-2. The van der Waals surface area contributed by atoms with E-state index in [-0.39, 0.29) is 37.5 Å². The number of likely N-dealkylation sites (tertiary alicyclic amines) is 1. The zero-order valence-corrected chi connectivity index (χ0v) is 14.9. The molecule has 1 saturated heterocycles. The van der Waals surface area contributed by atoms with Gasteiger partial charge in [-0.15, -0.1) is 13.1 Å². The van der Waals surface area contributed by atoms with Crippen LogP contribution in [-0.4, -0.2) is 29.8 Å². The third kappa shape index (κ3) is 6.37. The summed E-state index contributed by atoms with van der Waals surface area (Å²) < 4.78 is 0.185. The van der Waals surface area contributed by atoms with Gasteiger partial charge in [0.25, 0.3) is 0 Å². The second-order valence-electron chi connectivity index (χ2n) is 5.55. The van der Waals surface area contributed by atoms with Crippen molar-refractivity contribution in [1.82, 2.24) is 4.90 Å². The van der Waals surface area contributed by atoms with Crippen molar-refractivity contribution in [1.29, 1.82) is 0 Å². The van der Waals surface area contributed by atoms with Crippen LogP contribution in [-0.2, 0) is 32.7 Å². The summed E-state index contributed by atoms with van der Waals surface area (Å²) in [7, 11) is 2.18. The normalized spacial score (nSPS) is 23.1. The van der Waals surface area contributed by atoms with E-state index in [2.05, 4.69) is 39.1 Å². The zero-order valence-electron chi connectivity index (χ0n) is 11.2. The average Bonchev–Trinajstić information content (AvgIpc) is 1.99. The molecule has 0 aromatic rings. The molecule has 0 spiro atoms. The van der Waals surface area contributed by atoms with E-state index in [0.717, 1.165) is 12.3 Å². The molecule has 93 valence electrons. The molecule has 0 bridgehead atoms. The van der Waals surface area contributed by atoms with Gasteiger partial charge in [-0.2, -0.15) is 32.4 Å². The summed E-state index contributed by atoms with van der Waals surface area (Å²) in [5.74, 6) is 2.49. The van der Waals surface area contributed by atoms with Crippen LogP contribution in [0.4, 0.5) is 0 Å². The van der Waals surface area contributed by atoms with Gasteiger partial charge >= 0.3 is 0 Å². The van der Waals surface area contributed by atoms with Crippen LogP contribution in [0.15, 0.2) is 0 Å². The Morgan fingerprint density at radius 3 is 2.50 bits per heavy atom.